The lowest BCUT2D eigenvalue weighted by atomic mass is 10.2. The van der Waals surface area contributed by atoms with Gasteiger partial charge in [-0.2, -0.15) is 0 Å². The Labute approximate surface area is 94.6 Å². The van der Waals surface area contributed by atoms with Crippen molar-refractivity contribution >= 4 is 24.1 Å². The highest BCUT2D eigenvalue weighted by Gasteiger charge is 2.05. The van der Waals surface area contributed by atoms with Crippen LogP contribution in [0.5, 0.6) is 0 Å². The monoisotopic (exact) mass is 230 g/mol. The summed E-state index contributed by atoms with van der Waals surface area (Å²) in [6.07, 6.45) is 1.15. The van der Waals surface area contributed by atoms with Gasteiger partial charge in [-0.25, -0.2) is 4.98 Å². The first kappa shape index (κ1) is 13.7. The number of anilines is 1. The third-order valence-corrected chi connectivity index (χ3v) is 1.66. The second kappa shape index (κ2) is 6.21. The molecule has 0 aliphatic carbocycles. The van der Waals surface area contributed by atoms with E-state index in [9.17, 15) is 0 Å². The van der Waals surface area contributed by atoms with Crippen LogP contribution in [0.3, 0.4) is 0 Å². The maximum Gasteiger partial charge on any atom is 0.137 e. The van der Waals surface area contributed by atoms with Crippen molar-refractivity contribution in [2.75, 3.05) is 11.9 Å². The van der Waals surface area contributed by atoms with E-state index < -0.39 is 6.10 Å². The fourth-order valence-electron chi connectivity index (χ4n) is 1.01. The highest BCUT2D eigenvalue weighted by molar-refractivity contribution is 5.99. The average Bonchev–Trinajstić information content (AvgIpc) is 2.15. The molecule has 0 saturated heterocycles. The van der Waals surface area contributed by atoms with Crippen molar-refractivity contribution in [3.05, 3.63) is 23.9 Å². The molecule has 0 aliphatic rings. The van der Waals surface area contributed by atoms with Crippen LogP contribution in [0.2, 0.25) is 0 Å². The normalized spacial score (nSPS) is 11.3. The van der Waals surface area contributed by atoms with E-state index in [1.165, 1.54) is 0 Å². The molecule has 15 heavy (non-hydrogen) atoms. The number of hydrogen-bond acceptors (Lipinski definition) is 4. The Hall–Kier alpha value is -1.33. The molecule has 1 aromatic rings. The van der Waals surface area contributed by atoms with Crippen molar-refractivity contribution in [1.29, 1.82) is 5.41 Å². The predicted molar refractivity (Wildman–Crippen MR) is 62.7 cm³/mol. The predicted octanol–water partition coefficient (Wildman–Crippen LogP) is 0.580. The third kappa shape index (κ3) is 4.14. The van der Waals surface area contributed by atoms with Gasteiger partial charge in [0.25, 0.3) is 0 Å². The van der Waals surface area contributed by atoms with Gasteiger partial charge in [-0.3, -0.25) is 5.41 Å². The molecule has 0 bridgehead atoms. The van der Waals surface area contributed by atoms with Gasteiger partial charge in [0.15, 0.2) is 0 Å². The number of halogens is 1. The van der Waals surface area contributed by atoms with E-state index in [4.69, 9.17) is 16.2 Å². The summed E-state index contributed by atoms with van der Waals surface area (Å²) in [4.78, 5) is 4.03. The first-order valence-corrected chi connectivity index (χ1v) is 4.32. The van der Waals surface area contributed by atoms with Crippen LogP contribution in [0.15, 0.2) is 18.3 Å². The Morgan fingerprint density at radius 2 is 2.40 bits per heavy atom. The molecular weight excluding hydrogens is 216 g/mol. The van der Waals surface area contributed by atoms with Crippen molar-refractivity contribution in [3.63, 3.8) is 0 Å². The Morgan fingerprint density at radius 1 is 1.73 bits per heavy atom. The SMILES string of the molecule is CC(O)CNc1ncccc1C(=N)N.Cl. The molecule has 0 aliphatic heterocycles. The minimum Gasteiger partial charge on any atom is -0.392 e. The molecule has 5 N–H and O–H groups in total. The highest BCUT2D eigenvalue weighted by atomic mass is 35.5. The number of aliphatic hydroxyl groups excluding tert-OH is 1. The first-order chi connectivity index (χ1) is 6.61. The van der Waals surface area contributed by atoms with E-state index in [1.54, 1.807) is 25.3 Å². The van der Waals surface area contributed by atoms with Crippen molar-refractivity contribution in [3.8, 4) is 0 Å². The quantitative estimate of drug-likeness (QED) is 0.450. The van der Waals surface area contributed by atoms with Gasteiger partial charge in [0.1, 0.15) is 11.7 Å². The average molecular weight is 231 g/mol. The molecular formula is C9H15ClN4O. The summed E-state index contributed by atoms with van der Waals surface area (Å²) < 4.78 is 0. The van der Waals surface area contributed by atoms with Crippen LogP contribution in [0.4, 0.5) is 5.82 Å². The lowest BCUT2D eigenvalue weighted by Gasteiger charge is -2.10. The zero-order chi connectivity index (χ0) is 10.6. The van der Waals surface area contributed by atoms with Gasteiger partial charge in [0.2, 0.25) is 0 Å². The topological polar surface area (TPSA) is 95.0 Å². The molecule has 5 nitrogen and oxygen atoms in total. The number of rotatable bonds is 4. The highest BCUT2D eigenvalue weighted by Crippen LogP contribution is 2.09. The number of nitrogens with one attached hydrogen (secondary N) is 2. The Balaban J connectivity index is 0.00000196. The van der Waals surface area contributed by atoms with Crippen LogP contribution in [-0.4, -0.2) is 28.6 Å². The van der Waals surface area contributed by atoms with Gasteiger partial charge >= 0.3 is 0 Å². The number of nitrogens with two attached hydrogens (primary N) is 1. The molecule has 1 unspecified atom stereocenters. The van der Waals surface area contributed by atoms with Gasteiger partial charge < -0.3 is 16.2 Å². The van der Waals surface area contributed by atoms with Crippen molar-refractivity contribution in [2.24, 2.45) is 5.73 Å². The Kier molecular flexibility index (Phi) is 5.66. The summed E-state index contributed by atoms with van der Waals surface area (Å²) in [5.41, 5.74) is 5.91. The van der Waals surface area contributed by atoms with Crippen molar-refractivity contribution in [1.82, 2.24) is 4.98 Å². The molecule has 0 aromatic carbocycles. The number of amidine groups is 1. The minimum absolute atomic E-state index is 0. The van der Waals surface area contributed by atoms with Crippen LogP contribution in [-0.2, 0) is 0 Å². The van der Waals surface area contributed by atoms with Crippen molar-refractivity contribution < 1.29 is 5.11 Å². The van der Waals surface area contributed by atoms with E-state index in [0.29, 0.717) is 17.9 Å². The standard InChI is InChI=1S/C9H14N4O.ClH/c1-6(14)5-13-9-7(8(10)11)3-2-4-12-9;/h2-4,6,14H,5H2,1H3,(H3,10,11)(H,12,13);1H. The molecule has 0 amide bonds. The van der Waals surface area contributed by atoms with Gasteiger partial charge in [0, 0.05) is 12.7 Å². The third-order valence-electron chi connectivity index (χ3n) is 1.66. The largest absolute Gasteiger partial charge is 0.392 e. The molecule has 0 radical (unpaired) electrons. The number of aliphatic hydroxyl groups is 1. The first-order valence-electron chi connectivity index (χ1n) is 4.32. The molecule has 1 heterocycles. The zero-order valence-electron chi connectivity index (χ0n) is 8.40. The van der Waals surface area contributed by atoms with Gasteiger partial charge in [-0.1, -0.05) is 0 Å². The molecule has 0 fully saturated rings. The van der Waals surface area contributed by atoms with Crippen LogP contribution in [0.25, 0.3) is 0 Å². The van der Waals surface area contributed by atoms with Crippen LogP contribution >= 0.6 is 12.4 Å². The summed E-state index contributed by atoms with van der Waals surface area (Å²) in [6.45, 7) is 2.06. The van der Waals surface area contributed by atoms with E-state index in [1.807, 2.05) is 0 Å². The smallest absolute Gasteiger partial charge is 0.137 e. The van der Waals surface area contributed by atoms with Gasteiger partial charge in [-0.15, -0.1) is 12.4 Å². The fourth-order valence-corrected chi connectivity index (χ4v) is 1.01. The number of hydrogen-bond donors (Lipinski definition) is 4. The zero-order valence-corrected chi connectivity index (χ0v) is 9.21. The second-order valence-corrected chi connectivity index (χ2v) is 3.04. The lowest BCUT2D eigenvalue weighted by molar-refractivity contribution is 0.208. The molecule has 1 atom stereocenters. The Bertz CT molecular complexity index is 330. The van der Waals surface area contributed by atoms with Gasteiger partial charge in [0.05, 0.1) is 11.7 Å². The number of nitrogen functional groups attached to an aromatic ring is 1. The maximum atomic E-state index is 9.07. The number of pyridine rings is 1. The molecule has 6 heteroatoms. The summed E-state index contributed by atoms with van der Waals surface area (Å²) >= 11 is 0. The van der Waals surface area contributed by atoms with Crippen LogP contribution in [0, 0.1) is 5.41 Å². The Morgan fingerprint density at radius 3 is 2.93 bits per heavy atom. The van der Waals surface area contributed by atoms with E-state index in [0.717, 1.165) is 0 Å². The summed E-state index contributed by atoms with van der Waals surface area (Å²) in [5.74, 6) is 0.493. The minimum atomic E-state index is -0.461. The fraction of sp³-hybridized carbons (Fsp3) is 0.333. The lowest BCUT2D eigenvalue weighted by Crippen LogP contribution is -2.20. The molecule has 84 valence electrons. The summed E-state index contributed by atoms with van der Waals surface area (Å²) in [7, 11) is 0. The van der Waals surface area contributed by atoms with Crippen molar-refractivity contribution in [2.45, 2.75) is 13.0 Å². The van der Waals surface area contributed by atoms with E-state index in [2.05, 4.69) is 10.3 Å². The molecule has 0 spiro atoms. The molecule has 1 aromatic heterocycles. The number of nitrogens with zero attached hydrogens (tertiary/aromatic N) is 1. The summed E-state index contributed by atoms with van der Waals surface area (Å²) in [6, 6.07) is 3.42. The molecule has 0 saturated carbocycles. The van der Waals surface area contributed by atoms with E-state index >= 15 is 0 Å². The maximum absolute atomic E-state index is 9.07. The van der Waals surface area contributed by atoms with Crippen LogP contribution in [0.1, 0.15) is 12.5 Å². The van der Waals surface area contributed by atoms with Crippen LogP contribution < -0.4 is 11.1 Å². The summed E-state index contributed by atoms with van der Waals surface area (Å²) in [5, 5.41) is 19.3. The van der Waals surface area contributed by atoms with E-state index in [-0.39, 0.29) is 18.2 Å². The second-order valence-electron chi connectivity index (χ2n) is 3.04. The number of aromatic nitrogens is 1. The van der Waals surface area contributed by atoms with Gasteiger partial charge in [-0.05, 0) is 19.1 Å². The molecule has 1 rings (SSSR count).